The van der Waals surface area contributed by atoms with E-state index in [0.29, 0.717) is 5.82 Å². The van der Waals surface area contributed by atoms with Crippen LogP contribution in [-0.4, -0.2) is 28.2 Å². The molecule has 0 spiro atoms. The highest BCUT2D eigenvalue weighted by Crippen LogP contribution is 2.16. The van der Waals surface area contributed by atoms with E-state index in [2.05, 4.69) is 20.3 Å². The molecule has 0 saturated carbocycles. The summed E-state index contributed by atoms with van der Waals surface area (Å²) in [6.45, 7) is -0.174. The number of pyridine rings is 1. The summed E-state index contributed by atoms with van der Waals surface area (Å²) in [7, 11) is 0. The fourth-order valence-electron chi connectivity index (χ4n) is 1.21. The Morgan fingerprint density at radius 2 is 2.29 bits per heavy atom. The van der Waals surface area contributed by atoms with Crippen molar-refractivity contribution < 1.29 is 4.39 Å². The normalized spacial score (nSPS) is 10.4. The Bertz CT molecular complexity index is 427. The van der Waals surface area contributed by atoms with E-state index in [1.165, 1.54) is 6.33 Å². The van der Waals surface area contributed by atoms with Crippen LogP contribution in [0.15, 0.2) is 24.8 Å². The van der Waals surface area contributed by atoms with Crippen LogP contribution >= 0.6 is 0 Å². The Kier molecular flexibility index (Phi) is 2.48. The monoisotopic (exact) mass is 192 g/mol. The Morgan fingerprint density at radius 3 is 3.14 bits per heavy atom. The van der Waals surface area contributed by atoms with Gasteiger partial charge in [0.1, 0.15) is 18.8 Å². The maximum atomic E-state index is 12.0. The van der Waals surface area contributed by atoms with Crippen LogP contribution in [0, 0.1) is 0 Å². The summed E-state index contributed by atoms with van der Waals surface area (Å²) in [4.78, 5) is 12.0. The maximum Gasteiger partial charge on any atom is 0.138 e. The van der Waals surface area contributed by atoms with Crippen molar-refractivity contribution in [3.63, 3.8) is 0 Å². The minimum atomic E-state index is -0.425. The smallest absolute Gasteiger partial charge is 0.138 e. The van der Waals surface area contributed by atoms with E-state index < -0.39 is 6.67 Å². The zero-order chi connectivity index (χ0) is 9.80. The summed E-state index contributed by atoms with van der Waals surface area (Å²) in [5, 5.41) is 3.68. The number of halogens is 1. The predicted octanol–water partition coefficient (Wildman–Crippen LogP) is 1.41. The number of hydrogen-bond acceptors (Lipinski definition) is 4. The van der Waals surface area contributed by atoms with Crippen molar-refractivity contribution in [2.75, 3.05) is 18.5 Å². The molecule has 2 heterocycles. The molecule has 0 fully saturated rings. The average molecular weight is 192 g/mol. The number of nitrogens with one attached hydrogen (secondary N) is 1. The van der Waals surface area contributed by atoms with Crippen molar-refractivity contribution in [2.45, 2.75) is 0 Å². The second kappa shape index (κ2) is 3.95. The number of nitrogens with zero attached hydrogens (tertiary/aromatic N) is 3. The van der Waals surface area contributed by atoms with Crippen LogP contribution in [0.2, 0.25) is 0 Å². The minimum absolute atomic E-state index is 0.251. The highest BCUT2D eigenvalue weighted by molar-refractivity contribution is 5.87. The number of aromatic nitrogens is 3. The van der Waals surface area contributed by atoms with Crippen LogP contribution in [0.4, 0.5) is 10.2 Å². The van der Waals surface area contributed by atoms with Crippen LogP contribution in [0.5, 0.6) is 0 Å². The molecule has 2 aromatic rings. The van der Waals surface area contributed by atoms with Crippen molar-refractivity contribution in [3.05, 3.63) is 24.8 Å². The second-order valence-corrected chi connectivity index (χ2v) is 2.73. The molecular formula is C9H9FN4. The molecule has 0 aromatic carbocycles. The number of fused-ring (bicyclic) bond motifs is 1. The lowest BCUT2D eigenvalue weighted by Gasteiger charge is -2.04. The Morgan fingerprint density at radius 1 is 1.36 bits per heavy atom. The first-order valence-corrected chi connectivity index (χ1v) is 4.26. The van der Waals surface area contributed by atoms with Gasteiger partial charge < -0.3 is 5.32 Å². The molecule has 0 aliphatic heterocycles. The van der Waals surface area contributed by atoms with Gasteiger partial charge in [-0.3, -0.25) is 4.98 Å². The van der Waals surface area contributed by atoms with Gasteiger partial charge in [-0.1, -0.05) is 0 Å². The largest absolute Gasteiger partial charge is 0.367 e. The van der Waals surface area contributed by atoms with Gasteiger partial charge >= 0.3 is 0 Å². The van der Waals surface area contributed by atoms with E-state index in [4.69, 9.17) is 0 Å². The van der Waals surface area contributed by atoms with E-state index in [1.807, 2.05) is 0 Å². The Balaban J connectivity index is 2.43. The van der Waals surface area contributed by atoms with Gasteiger partial charge in [0.2, 0.25) is 0 Å². The highest BCUT2D eigenvalue weighted by Gasteiger charge is 2.01. The summed E-state index contributed by atoms with van der Waals surface area (Å²) < 4.78 is 12.0. The lowest BCUT2D eigenvalue weighted by molar-refractivity contribution is 0.512. The van der Waals surface area contributed by atoms with Gasteiger partial charge in [0.15, 0.2) is 0 Å². The van der Waals surface area contributed by atoms with Gasteiger partial charge in [0.05, 0.1) is 10.9 Å². The number of rotatable bonds is 3. The van der Waals surface area contributed by atoms with Gasteiger partial charge in [0, 0.05) is 18.9 Å². The minimum Gasteiger partial charge on any atom is -0.367 e. The van der Waals surface area contributed by atoms with E-state index in [0.717, 1.165) is 10.9 Å². The predicted molar refractivity (Wildman–Crippen MR) is 51.8 cm³/mol. The molecule has 4 nitrogen and oxygen atoms in total. The molecule has 0 aliphatic rings. The third-order valence-electron chi connectivity index (χ3n) is 1.82. The fraction of sp³-hybridized carbons (Fsp3) is 0.222. The number of hydrogen-bond donors (Lipinski definition) is 1. The summed E-state index contributed by atoms with van der Waals surface area (Å²) in [5.74, 6) is 0.626. The molecule has 14 heavy (non-hydrogen) atoms. The molecule has 2 aromatic heterocycles. The van der Waals surface area contributed by atoms with Gasteiger partial charge in [-0.15, -0.1) is 0 Å². The van der Waals surface area contributed by atoms with E-state index in [9.17, 15) is 4.39 Å². The molecule has 0 bridgehead atoms. The lowest BCUT2D eigenvalue weighted by Crippen LogP contribution is -2.05. The SMILES string of the molecule is FCCNc1ncnc2ccncc12. The first-order valence-electron chi connectivity index (χ1n) is 4.26. The number of alkyl halides is 1. The zero-order valence-electron chi connectivity index (χ0n) is 7.44. The number of anilines is 1. The molecule has 1 N–H and O–H groups in total. The summed E-state index contributed by atoms with van der Waals surface area (Å²) in [6.07, 6.45) is 4.77. The molecule has 72 valence electrons. The van der Waals surface area contributed by atoms with Gasteiger partial charge in [-0.25, -0.2) is 14.4 Å². The molecular weight excluding hydrogens is 183 g/mol. The van der Waals surface area contributed by atoms with Crippen LogP contribution < -0.4 is 5.32 Å². The zero-order valence-corrected chi connectivity index (χ0v) is 7.44. The quantitative estimate of drug-likeness (QED) is 0.798. The van der Waals surface area contributed by atoms with Crippen LogP contribution in [0.3, 0.4) is 0 Å². The fourth-order valence-corrected chi connectivity index (χ4v) is 1.21. The highest BCUT2D eigenvalue weighted by atomic mass is 19.1. The molecule has 5 heteroatoms. The topological polar surface area (TPSA) is 50.7 Å². The van der Waals surface area contributed by atoms with Crippen molar-refractivity contribution in [2.24, 2.45) is 0 Å². The van der Waals surface area contributed by atoms with Crippen LogP contribution in [0.25, 0.3) is 10.9 Å². The molecule has 0 saturated heterocycles. The van der Waals surface area contributed by atoms with Crippen molar-refractivity contribution >= 4 is 16.7 Å². The molecule has 2 rings (SSSR count). The van der Waals surface area contributed by atoms with Gasteiger partial charge in [0.25, 0.3) is 0 Å². The summed E-state index contributed by atoms with van der Waals surface area (Å²) >= 11 is 0. The van der Waals surface area contributed by atoms with E-state index >= 15 is 0 Å². The van der Waals surface area contributed by atoms with Crippen LogP contribution in [-0.2, 0) is 0 Å². The summed E-state index contributed by atoms with van der Waals surface area (Å²) in [5.41, 5.74) is 0.802. The van der Waals surface area contributed by atoms with Crippen molar-refractivity contribution in [1.82, 2.24) is 15.0 Å². The molecule has 0 unspecified atom stereocenters. The molecule has 0 amide bonds. The van der Waals surface area contributed by atoms with Gasteiger partial charge in [-0.2, -0.15) is 0 Å². The lowest BCUT2D eigenvalue weighted by atomic mass is 10.3. The average Bonchev–Trinajstić information content (AvgIpc) is 2.26. The standard InChI is InChI=1S/C9H9FN4/c10-2-4-12-9-7-5-11-3-1-8(7)13-6-14-9/h1,3,5-6H,2,4H2,(H,12,13,14). The Labute approximate surface area is 80.2 Å². The first kappa shape index (κ1) is 8.80. The Hall–Kier alpha value is -1.78. The van der Waals surface area contributed by atoms with Crippen molar-refractivity contribution in [1.29, 1.82) is 0 Å². The second-order valence-electron chi connectivity index (χ2n) is 2.73. The third kappa shape index (κ3) is 1.61. The summed E-state index contributed by atoms with van der Waals surface area (Å²) in [6, 6.07) is 1.79. The molecule has 0 aliphatic carbocycles. The van der Waals surface area contributed by atoms with Crippen LogP contribution in [0.1, 0.15) is 0 Å². The third-order valence-corrected chi connectivity index (χ3v) is 1.82. The van der Waals surface area contributed by atoms with E-state index in [-0.39, 0.29) is 6.54 Å². The molecule has 0 atom stereocenters. The van der Waals surface area contributed by atoms with Crippen molar-refractivity contribution in [3.8, 4) is 0 Å². The maximum absolute atomic E-state index is 12.0. The first-order chi connectivity index (χ1) is 6.92. The molecule has 0 radical (unpaired) electrons. The van der Waals surface area contributed by atoms with Gasteiger partial charge in [-0.05, 0) is 6.07 Å². The van der Waals surface area contributed by atoms with E-state index in [1.54, 1.807) is 18.5 Å².